The van der Waals surface area contributed by atoms with Gasteiger partial charge in [0, 0.05) is 45.2 Å². The van der Waals surface area contributed by atoms with Crippen molar-refractivity contribution in [1.29, 1.82) is 0 Å². The highest BCUT2D eigenvalue weighted by molar-refractivity contribution is 6.35. The lowest BCUT2D eigenvalue weighted by Gasteiger charge is -2.20. The van der Waals surface area contributed by atoms with E-state index in [1.165, 1.54) is 0 Å². The van der Waals surface area contributed by atoms with E-state index in [4.69, 9.17) is 33.7 Å². The number of aromatic amines is 1. The number of fused-ring (bicyclic) bond motifs is 1. The Kier molecular flexibility index (Phi) is 6.87. The first kappa shape index (κ1) is 22.7. The lowest BCUT2D eigenvalue weighted by Crippen LogP contribution is -2.29. The van der Waals surface area contributed by atoms with Crippen LogP contribution in [0, 0.1) is 0 Å². The summed E-state index contributed by atoms with van der Waals surface area (Å²) in [5.74, 6) is -0.560. The van der Waals surface area contributed by atoms with Crippen LogP contribution in [0.1, 0.15) is 27.4 Å². The summed E-state index contributed by atoms with van der Waals surface area (Å²) >= 11 is 12.6. The second kappa shape index (κ2) is 9.98. The van der Waals surface area contributed by atoms with Crippen LogP contribution in [-0.2, 0) is 4.79 Å². The van der Waals surface area contributed by atoms with Crippen LogP contribution in [0.3, 0.4) is 0 Å². The van der Waals surface area contributed by atoms with E-state index in [2.05, 4.69) is 10.3 Å². The van der Waals surface area contributed by atoms with Crippen molar-refractivity contribution >= 4 is 45.9 Å². The molecule has 8 heteroatoms. The van der Waals surface area contributed by atoms with Crippen LogP contribution in [0.5, 0.6) is 5.75 Å². The Morgan fingerprint density at radius 1 is 1.00 bits per heavy atom. The quantitative estimate of drug-likeness (QED) is 0.333. The third-order valence-corrected chi connectivity index (χ3v) is 5.86. The summed E-state index contributed by atoms with van der Waals surface area (Å²) in [7, 11) is 0. The average molecular weight is 482 g/mol. The Labute approximate surface area is 200 Å². The van der Waals surface area contributed by atoms with Gasteiger partial charge in [-0.05, 0) is 53.6 Å². The van der Waals surface area contributed by atoms with Gasteiger partial charge in [0.1, 0.15) is 5.75 Å². The average Bonchev–Trinajstić information content (AvgIpc) is 3.23. The number of carbonyl (C=O) groups is 2. The first-order chi connectivity index (χ1) is 15.9. The molecule has 1 aromatic heterocycles. The molecule has 1 atom stereocenters. The van der Waals surface area contributed by atoms with Gasteiger partial charge >= 0.3 is 0 Å². The number of aromatic nitrogens is 1. The molecule has 1 unspecified atom stereocenters. The third kappa shape index (κ3) is 5.30. The fourth-order valence-corrected chi connectivity index (χ4v) is 4.25. The number of hydrogen-bond acceptors (Lipinski definition) is 3. The van der Waals surface area contributed by atoms with Crippen molar-refractivity contribution < 1.29 is 14.3 Å². The number of para-hydroxylation sites is 1. The molecule has 0 spiro atoms. The zero-order chi connectivity index (χ0) is 23.4. The predicted octanol–water partition coefficient (Wildman–Crippen LogP) is 4.90. The minimum absolute atomic E-state index is 0.201. The number of carbonyl (C=O) groups excluding carboxylic acids is 2. The van der Waals surface area contributed by atoms with Crippen molar-refractivity contribution in [2.75, 3.05) is 13.2 Å². The minimum Gasteiger partial charge on any atom is -0.484 e. The monoisotopic (exact) mass is 481 g/mol. The van der Waals surface area contributed by atoms with Crippen LogP contribution in [0.15, 0.2) is 72.9 Å². The second-order valence-electron chi connectivity index (χ2n) is 7.50. The van der Waals surface area contributed by atoms with Gasteiger partial charge in [-0.15, -0.1) is 0 Å². The molecule has 2 amide bonds. The van der Waals surface area contributed by atoms with E-state index in [9.17, 15) is 9.59 Å². The van der Waals surface area contributed by atoms with E-state index < -0.39 is 5.91 Å². The molecule has 6 nitrogen and oxygen atoms in total. The first-order valence-corrected chi connectivity index (χ1v) is 11.0. The van der Waals surface area contributed by atoms with Crippen molar-refractivity contribution in [3.05, 3.63) is 99.7 Å². The Hall–Kier alpha value is -3.48. The number of ether oxygens (including phenoxy) is 1. The Balaban J connectivity index is 1.57. The van der Waals surface area contributed by atoms with Crippen molar-refractivity contribution in [3.8, 4) is 5.75 Å². The maximum atomic E-state index is 12.8. The molecule has 0 aliphatic rings. The Bertz CT molecular complexity index is 1300. The summed E-state index contributed by atoms with van der Waals surface area (Å²) < 4.78 is 5.24. The molecule has 4 rings (SSSR count). The van der Waals surface area contributed by atoms with Crippen LogP contribution in [0.4, 0.5) is 0 Å². The molecule has 0 saturated carbocycles. The van der Waals surface area contributed by atoms with Gasteiger partial charge in [-0.1, -0.05) is 47.5 Å². The van der Waals surface area contributed by atoms with E-state index in [1.54, 1.807) is 36.4 Å². The van der Waals surface area contributed by atoms with E-state index >= 15 is 0 Å². The highest BCUT2D eigenvalue weighted by Gasteiger charge is 2.22. The van der Waals surface area contributed by atoms with E-state index in [0.717, 1.165) is 22.0 Å². The molecular formula is C25H21Cl2N3O3. The number of hydrogen-bond donors (Lipinski definition) is 3. The fraction of sp³-hybridized carbons (Fsp3) is 0.120. The van der Waals surface area contributed by atoms with Gasteiger partial charge in [0.25, 0.3) is 11.8 Å². The van der Waals surface area contributed by atoms with Gasteiger partial charge in [-0.25, -0.2) is 0 Å². The van der Waals surface area contributed by atoms with Crippen molar-refractivity contribution in [1.82, 2.24) is 10.3 Å². The minimum atomic E-state index is -0.569. The Morgan fingerprint density at radius 3 is 2.48 bits per heavy atom. The molecule has 0 saturated heterocycles. The lowest BCUT2D eigenvalue weighted by atomic mass is 9.90. The topological polar surface area (TPSA) is 97.2 Å². The second-order valence-corrected chi connectivity index (χ2v) is 8.34. The normalized spacial score (nSPS) is 11.8. The SMILES string of the molecule is NC(=O)COc1ccc(C(=O)NCC(c2ccc(Cl)cc2Cl)c2c[nH]c3ccccc23)cc1. The van der Waals surface area contributed by atoms with Gasteiger partial charge < -0.3 is 20.8 Å². The summed E-state index contributed by atoms with van der Waals surface area (Å²) in [4.78, 5) is 27.0. The molecule has 4 N–H and O–H groups in total. The summed E-state index contributed by atoms with van der Waals surface area (Å²) in [5.41, 5.74) is 8.42. The van der Waals surface area contributed by atoms with Gasteiger partial charge in [0.15, 0.2) is 6.61 Å². The number of amides is 2. The molecule has 33 heavy (non-hydrogen) atoms. The third-order valence-electron chi connectivity index (χ3n) is 5.30. The fourth-order valence-electron chi connectivity index (χ4n) is 3.71. The number of nitrogens with one attached hydrogen (secondary N) is 2. The van der Waals surface area contributed by atoms with Crippen LogP contribution in [-0.4, -0.2) is 29.9 Å². The molecule has 3 aromatic carbocycles. The van der Waals surface area contributed by atoms with Crippen molar-refractivity contribution in [2.45, 2.75) is 5.92 Å². The molecule has 0 radical (unpaired) electrons. The number of nitrogens with two attached hydrogens (primary N) is 1. The predicted molar refractivity (Wildman–Crippen MR) is 130 cm³/mol. The maximum Gasteiger partial charge on any atom is 0.255 e. The summed E-state index contributed by atoms with van der Waals surface area (Å²) in [5, 5.41) is 5.13. The number of halogens is 2. The van der Waals surface area contributed by atoms with E-state index in [0.29, 0.717) is 27.9 Å². The number of benzene rings is 3. The first-order valence-electron chi connectivity index (χ1n) is 10.2. The van der Waals surface area contributed by atoms with Crippen molar-refractivity contribution in [3.63, 3.8) is 0 Å². The number of primary amides is 1. The van der Waals surface area contributed by atoms with Crippen LogP contribution >= 0.6 is 23.2 Å². The highest BCUT2D eigenvalue weighted by Crippen LogP contribution is 2.35. The molecular weight excluding hydrogens is 461 g/mol. The molecule has 4 aromatic rings. The van der Waals surface area contributed by atoms with Gasteiger partial charge in [-0.2, -0.15) is 0 Å². The molecule has 168 valence electrons. The van der Waals surface area contributed by atoms with E-state index in [-0.39, 0.29) is 18.4 Å². The maximum absolute atomic E-state index is 12.8. The van der Waals surface area contributed by atoms with Gasteiger partial charge in [-0.3, -0.25) is 9.59 Å². The lowest BCUT2D eigenvalue weighted by molar-refractivity contribution is -0.119. The largest absolute Gasteiger partial charge is 0.484 e. The number of H-pyrrole nitrogens is 1. The zero-order valence-electron chi connectivity index (χ0n) is 17.5. The molecule has 0 aliphatic heterocycles. The molecule has 0 aliphatic carbocycles. The zero-order valence-corrected chi connectivity index (χ0v) is 19.0. The summed E-state index contributed by atoms with van der Waals surface area (Å²) in [6.45, 7) is 0.0989. The van der Waals surface area contributed by atoms with Gasteiger partial charge in [0.05, 0.1) is 0 Å². The highest BCUT2D eigenvalue weighted by atomic mass is 35.5. The van der Waals surface area contributed by atoms with Crippen LogP contribution < -0.4 is 15.8 Å². The van der Waals surface area contributed by atoms with Crippen LogP contribution in [0.2, 0.25) is 10.0 Å². The smallest absolute Gasteiger partial charge is 0.255 e. The molecule has 1 heterocycles. The van der Waals surface area contributed by atoms with Crippen LogP contribution in [0.25, 0.3) is 10.9 Å². The van der Waals surface area contributed by atoms with E-state index in [1.807, 2.05) is 36.5 Å². The van der Waals surface area contributed by atoms with Crippen molar-refractivity contribution in [2.24, 2.45) is 5.73 Å². The standard InChI is InChI=1S/C25H21Cl2N3O3/c26-16-7-10-18(22(27)11-16)20(21-12-29-23-4-2-1-3-19(21)23)13-30-25(32)15-5-8-17(9-6-15)33-14-24(28)31/h1-12,20,29H,13-14H2,(H2,28,31)(H,30,32). The molecule has 0 fully saturated rings. The summed E-state index contributed by atoms with van der Waals surface area (Å²) in [6.07, 6.45) is 1.94. The van der Waals surface area contributed by atoms with Gasteiger partial charge in [0.2, 0.25) is 0 Å². The Morgan fingerprint density at radius 2 is 1.76 bits per heavy atom. The summed E-state index contributed by atoms with van der Waals surface area (Å²) in [6, 6.07) is 19.8. The number of rotatable bonds is 8. The molecule has 0 bridgehead atoms.